The number of aliphatic hydroxyl groups is 1. The van der Waals surface area contributed by atoms with Crippen LogP contribution in [0.1, 0.15) is 25.7 Å². The van der Waals surface area contributed by atoms with E-state index in [2.05, 4.69) is 15.6 Å². The molecule has 0 aliphatic carbocycles. The normalized spacial score (nSPS) is 12.3. The third kappa shape index (κ3) is 3.71. The van der Waals surface area contributed by atoms with Crippen molar-refractivity contribution in [3.63, 3.8) is 0 Å². The molecule has 2 aromatic rings. The molecule has 1 atom stereocenters. The van der Waals surface area contributed by atoms with Gasteiger partial charge in [0.2, 0.25) is 0 Å². The molecule has 0 spiro atoms. The molecule has 1 aromatic carbocycles. The summed E-state index contributed by atoms with van der Waals surface area (Å²) in [5, 5.41) is 14.3. The number of hydrogen-bond donors (Lipinski definition) is 3. The van der Waals surface area contributed by atoms with Gasteiger partial charge < -0.3 is 20.2 Å². The Morgan fingerprint density at radius 1 is 1.50 bits per heavy atom. The maximum Gasteiger partial charge on any atom is 0.319 e. The number of benzene rings is 1. The lowest BCUT2D eigenvalue weighted by atomic mass is 10.2. The number of aliphatic hydroxyl groups excluding tert-OH is 1. The number of fused-ring (bicyclic) bond motifs is 1. The second kappa shape index (κ2) is 6.38. The highest BCUT2D eigenvalue weighted by atomic mass is 16.3. The molecule has 1 heterocycles. The first-order valence-electron chi connectivity index (χ1n) is 6.64. The van der Waals surface area contributed by atoms with Gasteiger partial charge in [-0.25, -0.2) is 9.78 Å². The molecule has 0 aliphatic rings. The first-order valence-corrected chi connectivity index (χ1v) is 6.64. The zero-order valence-electron chi connectivity index (χ0n) is 11.6. The smallest absolute Gasteiger partial charge is 0.319 e. The van der Waals surface area contributed by atoms with Crippen LogP contribution in [0.15, 0.2) is 22.6 Å². The second-order valence-electron chi connectivity index (χ2n) is 4.78. The molecule has 0 bridgehead atoms. The topological polar surface area (TPSA) is 87.4 Å². The first kappa shape index (κ1) is 14.3. The van der Waals surface area contributed by atoms with Gasteiger partial charge in [-0.15, -0.1) is 0 Å². The fourth-order valence-corrected chi connectivity index (χ4v) is 1.98. The molecule has 0 fully saturated rings. The number of urea groups is 1. The van der Waals surface area contributed by atoms with Crippen LogP contribution in [0, 0.1) is 6.92 Å². The van der Waals surface area contributed by atoms with Crippen LogP contribution in [-0.4, -0.2) is 28.8 Å². The summed E-state index contributed by atoms with van der Waals surface area (Å²) in [5.41, 5.74) is 2.07. The Balaban J connectivity index is 1.95. The Morgan fingerprint density at radius 2 is 2.30 bits per heavy atom. The minimum atomic E-state index is -0.272. The average molecular weight is 277 g/mol. The van der Waals surface area contributed by atoms with Gasteiger partial charge in [-0.05, 0) is 31.9 Å². The Kier molecular flexibility index (Phi) is 4.57. The number of nitrogens with one attached hydrogen (secondary N) is 2. The molecule has 1 aromatic heterocycles. The van der Waals surface area contributed by atoms with Crippen LogP contribution in [0.5, 0.6) is 0 Å². The highest BCUT2D eigenvalue weighted by Gasteiger charge is 2.08. The zero-order chi connectivity index (χ0) is 14.5. The third-order valence-electron chi connectivity index (χ3n) is 2.93. The summed E-state index contributed by atoms with van der Waals surface area (Å²) in [6, 6.07) is 5.07. The van der Waals surface area contributed by atoms with Gasteiger partial charge in [0.15, 0.2) is 11.5 Å². The average Bonchev–Trinajstić information content (AvgIpc) is 2.75. The van der Waals surface area contributed by atoms with Crippen LogP contribution in [0.2, 0.25) is 0 Å². The molecular formula is C14H19N3O3. The lowest BCUT2D eigenvalue weighted by Gasteiger charge is -2.13. The lowest BCUT2D eigenvalue weighted by molar-refractivity contribution is 0.245. The van der Waals surface area contributed by atoms with Crippen molar-refractivity contribution in [1.29, 1.82) is 0 Å². The number of anilines is 1. The summed E-state index contributed by atoms with van der Waals surface area (Å²) in [6.07, 6.45) is 1.41. The van der Waals surface area contributed by atoms with Gasteiger partial charge in [-0.1, -0.05) is 0 Å². The fourth-order valence-electron chi connectivity index (χ4n) is 1.98. The fraction of sp³-hybridized carbons (Fsp3) is 0.429. The third-order valence-corrected chi connectivity index (χ3v) is 2.93. The van der Waals surface area contributed by atoms with Gasteiger partial charge in [0, 0.05) is 31.3 Å². The van der Waals surface area contributed by atoms with Gasteiger partial charge in [0.05, 0.1) is 0 Å². The van der Waals surface area contributed by atoms with Crippen molar-refractivity contribution in [1.82, 2.24) is 10.3 Å². The number of hydrogen-bond acceptors (Lipinski definition) is 4. The Hall–Kier alpha value is -2.08. The number of rotatable bonds is 5. The summed E-state index contributed by atoms with van der Waals surface area (Å²) in [5.74, 6) is 0.597. The summed E-state index contributed by atoms with van der Waals surface area (Å²) in [6.45, 7) is 3.82. The molecule has 0 aliphatic heterocycles. The molecule has 0 unspecified atom stereocenters. The van der Waals surface area contributed by atoms with Crippen molar-refractivity contribution in [2.45, 2.75) is 32.7 Å². The molecule has 2 amide bonds. The standard InChI is InChI=1S/C14H19N3O3/c1-9(4-3-7-18)15-14(19)17-11-5-6-12-13(8-11)20-10(2)16-12/h5-6,8-9,18H,3-4,7H2,1-2H3,(H2,15,17,19)/t9-/m0/s1. The van der Waals surface area contributed by atoms with Gasteiger partial charge in [0.25, 0.3) is 0 Å². The Bertz CT molecular complexity index is 594. The minimum absolute atomic E-state index is 0.0124. The van der Waals surface area contributed by atoms with Crippen LogP contribution < -0.4 is 10.6 Å². The zero-order valence-corrected chi connectivity index (χ0v) is 11.6. The van der Waals surface area contributed by atoms with Crippen molar-refractivity contribution < 1.29 is 14.3 Å². The second-order valence-corrected chi connectivity index (χ2v) is 4.78. The monoisotopic (exact) mass is 277 g/mol. The van der Waals surface area contributed by atoms with E-state index in [1.165, 1.54) is 0 Å². The molecule has 3 N–H and O–H groups in total. The van der Waals surface area contributed by atoms with E-state index in [9.17, 15) is 4.79 Å². The van der Waals surface area contributed by atoms with Gasteiger partial charge in [-0.3, -0.25) is 0 Å². The van der Waals surface area contributed by atoms with Crippen LogP contribution in [0.4, 0.5) is 10.5 Å². The van der Waals surface area contributed by atoms with Crippen LogP contribution in [0.3, 0.4) is 0 Å². The van der Waals surface area contributed by atoms with Gasteiger partial charge in [0.1, 0.15) is 5.52 Å². The molecule has 0 saturated carbocycles. The van der Waals surface area contributed by atoms with E-state index < -0.39 is 0 Å². The predicted molar refractivity (Wildman–Crippen MR) is 76.7 cm³/mol. The first-order chi connectivity index (χ1) is 9.58. The van der Waals surface area contributed by atoms with Crippen LogP contribution in [0.25, 0.3) is 11.1 Å². The van der Waals surface area contributed by atoms with E-state index in [1.54, 1.807) is 25.1 Å². The van der Waals surface area contributed by atoms with Gasteiger partial charge in [-0.2, -0.15) is 0 Å². The predicted octanol–water partition coefficient (Wildman–Crippen LogP) is 2.42. The molecule has 0 saturated heterocycles. The number of oxazole rings is 1. The summed E-state index contributed by atoms with van der Waals surface area (Å²) < 4.78 is 5.41. The van der Waals surface area contributed by atoms with E-state index in [1.807, 2.05) is 6.92 Å². The quantitative estimate of drug-likeness (QED) is 0.783. The highest BCUT2D eigenvalue weighted by Crippen LogP contribution is 2.19. The van der Waals surface area contributed by atoms with E-state index in [0.717, 1.165) is 11.9 Å². The van der Waals surface area contributed by atoms with Crippen molar-refractivity contribution in [2.24, 2.45) is 0 Å². The Labute approximate surface area is 117 Å². The summed E-state index contributed by atoms with van der Waals surface area (Å²) in [4.78, 5) is 16.0. The van der Waals surface area contributed by atoms with Crippen molar-refractivity contribution in [3.8, 4) is 0 Å². The number of nitrogens with zero attached hydrogens (tertiary/aromatic N) is 1. The summed E-state index contributed by atoms with van der Waals surface area (Å²) in [7, 11) is 0. The van der Waals surface area contributed by atoms with Crippen molar-refractivity contribution >= 4 is 22.8 Å². The van der Waals surface area contributed by atoms with E-state index in [-0.39, 0.29) is 18.7 Å². The van der Waals surface area contributed by atoms with Crippen molar-refractivity contribution in [3.05, 3.63) is 24.1 Å². The molecule has 6 nitrogen and oxygen atoms in total. The van der Waals surface area contributed by atoms with E-state index in [4.69, 9.17) is 9.52 Å². The SMILES string of the molecule is Cc1nc2ccc(NC(=O)N[C@@H](C)CCCO)cc2o1. The lowest BCUT2D eigenvalue weighted by Crippen LogP contribution is -2.36. The number of aryl methyl sites for hydroxylation is 1. The van der Waals surface area contributed by atoms with Crippen molar-refractivity contribution in [2.75, 3.05) is 11.9 Å². The number of carbonyl (C=O) groups excluding carboxylic acids is 1. The molecule has 6 heteroatoms. The number of carbonyl (C=O) groups is 1. The number of aromatic nitrogens is 1. The van der Waals surface area contributed by atoms with E-state index >= 15 is 0 Å². The van der Waals surface area contributed by atoms with Crippen LogP contribution >= 0.6 is 0 Å². The largest absolute Gasteiger partial charge is 0.441 e. The number of amides is 2. The molecule has 108 valence electrons. The Morgan fingerprint density at radius 3 is 3.05 bits per heavy atom. The molecule has 0 radical (unpaired) electrons. The van der Waals surface area contributed by atoms with E-state index in [0.29, 0.717) is 23.6 Å². The molecular weight excluding hydrogens is 258 g/mol. The summed E-state index contributed by atoms with van der Waals surface area (Å²) >= 11 is 0. The van der Waals surface area contributed by atoms with Crippen LogP contribution in [-0.2, 0) is 0 Å². The highest BCUT2D eigenvalue weighted by molar-refractivity contribution is 5.91. The molecule has 2 rings (SSSR count). The molecule has 20 heavy (non-hydrogen) atoms. The maximum absolute atomic E-state index is 11.8. The minimum Gasteiger partial charge on any atom is -0.441 e. The maximum atomic E-state index is 11.8. The van der Waals surface area contributed by atoms with Gasteiger partial charge >= 0.3 is 6.03 Å².